The zero-order chi connectivity index (χ0) is 46.4. The van der Waals surface area contributed by atoms with Crippen LogP contribution in [0.2, 0.25) is 0 Å². The van der Waals surface area contributed by atoms with Gasteiger partial charge in [0.15, 0.2) is 11.6 Å². The van der Waals surface area contributed by atoms with Crippen LogP contribution < -0.4 is 31.3 Å². The molecule has 360 valence electrons. The molecular formula is C50H61ClN10O7. The number of amides is 4. The van der Waals surface area contributed by atoms with Crippen molar-refractivity contribution in [3.63, 3.8) is 0 Å². The van der Waals surface area contributed by atoms with Crippen molar-refractivity contribution in [2.45, 2.75) is 82.5 Å². The second-order valence-corrected chi connectivity index (χ2v) is 17.2. The lowest BCUT2D eigenvalue weighted by Gasteiger charge is -2.37. The third-order valence-electron chi connectivity index (χ3n) is 12.4. The van der Waals surface area contributed by atoms with Crippen molar-refractivity contribution in [1.82, 2.24) is 41.0 Å². The Morgan fingerprint density at radius 2 is 1.65 bits per heavy atom. The minimum Gasteiger partial charge on any atom is -0.494 e. The van der Waals surface area contributed by atoms with E-state index in [2.05, 4.69) is 41.8 Å². The van der Waals surface area contributed by atoms with Gasteiger partial charge in [-0.2, -0.15) is 5.10 Å². The number of carbonyl (C=O) groups is 4. The molecular weight excluding hydrogens is 888 g/mol. The summed E-state index contributed by atoms with van der Waals surface area (Å²) in [5.74, 6) is 1.10. The highest BCUT2D eigenvalue weighted by molar-refractivity contribution is 6.05. The van der Waals surface area contributed by atoms with Crippen molar-refractivity contribution in [1.29, 1.82) is 0 Å². The SMILES string of the molecule is C[C@@H](NC(=O)c1cccc(NC2(c3nc(-c4ccncc4)n[nH]3)CCNCC2)c1)c1cccc(OCCCCCOCCCOCCNc2ccc3c(c2)CN(C2CCC(=O)NC2=O)C3=O)c1.Cl. The predicted molar refractivity (Wildman–Crippen MR) is 260 cm³/mol. The highest BCUT2D eigenvalue weighted by atomic mass is 35.5. The number of imide groups is 1. The number of fused-ring (bicyclic) bond motifs is 1. The van der Waals surface area contributed by atoms with Crippen LogP contribution in [0.1, 0.15) is 102 Å². The molecule has 0 radical (unpaired) electrons. The number of benzene rings is 3. The smallest absolute Gasteiger partial charge is 0.255 e. The van der Waals surface area contributed by atoms with Crippen LogP contribution in [0.15, 0.2) is 91.3 Å². The normalized spacial score (nSPS) is 16.9. The van der Waals surface area contributed by atoms with Gasteiger partial charge in [-0.05, 0) is 137 Å². The average molecular weight is 950 g/mol. The Kier molecular flexibility index (Phi) is 17.5. The zero-order valence-electron chi connectivity index (χ0n) is 38.4. The fraction of sp³-hybridized carbons (Fsp3) is 0.420. The molecule has 0 aliphatic carbocycles. The number of pyridine rings is 1. The lowest BCUT2D eigenvalue weighted by atomic mass is 9.87. The minimum atomic E-state index is -0.622. The Bertz CT molecular complexity index is 2480. The molecule has 0 saturated carbocycles. The summed E-state index contributed by atoms with van der Waals surface area (Å²) in [5, 5.41) is 23.7. The van der Waals surface area contributed by atoms with Gasteiger partial charge in [0.25, 0.3) is 11.8 Å². The highest BCUT2D eigenvalue weighted by Crippen LogP contribution is 2.34. The van der Waals surface area contributed by atoms with Gasteiger partial charge >= 0.3 is 0 Å². The number of nitrogens with one attached hydrogen (secondary N) is 6. The third kappa shape index (κ3) is 12.8. The maximum Gasteiger partial charge on any atom is 0.255 e. The maximum absolute atomic E-state index is 13.6. The van der Waals surface area contributed by atoms with Gasteiger partial charge in [0.2, 0.25) is 11.8 Å². The molecule has 3 aromatic carbocycles. The lowest BCUT2D eigenvalue weighted by Crippen LogP contribution is -2.52. The van der Waals surface area contributed by atoms with Crippen LogP contribution in [0.4, 0.5) is 11.4 Å². The molecule has 6 N–H and O–H groups in total. The Balaban J connectivity index is 0.00000684. The zero-order valence-corrected chi connectivity index (χ0v) is 39.2. The quantitative estimate of drug-likeness (QED) is 0.0313. The molecule has 3 aliphatic rings. The number of aromatic amines is 1. The van der Waals surface area contributed by atoms with Crippen LogP contribution in [0.5, 0.6) is 5.75 Å². The van der Waals surface area contributed by atoms with Gasteiger partial charge in [0, 0.05) is 79.8 Å². The first-order valence-corrected chi connectivity index (χ1v) is 23.4. The first kappa shape index (κ1) is 49.5. The van der Waals surface area contributed by atoms with E-state index in [1.54, 1.807) is 23.4 Å². The van der Waals surface area contributed by atoms with Gasteiger partial charge in [-0.25, -0.2) is 4.98 Å². The second kappa shape index (κ2) is 24.1. The van der Waals surface area contributed by atoms with E-state index in [0.29, 0.717) is 69.5 Å². The monoisotopic (exact) mass is 948 g/mol. The molecule has 2 saturated heterocycles. The fourth-order valence-corrected chi connectivity index (χ4v) is 8.72. The lowest BCUT2D eigenvalue weighted by molar-refractivity contribution is -0.136. The van der Waals surface area contributed by atoms with Crippen LogP contribution in [-0.4, -0.2) is 107 Å². The van der Waals surface area contributed by atoms with Gasteiger partial charge in [-0.15, -0.1) is 12.4 Å². The molecule has 0 bridgehead atoms. The number of anilines is 2. The molecule has 4 amide bonds. The molecule has 2 atom stereocenters. The summed E-state index contributed by atoms with van der Waals surface area (Å²) < 4.78 is 17.7. The number of nitrogens with zero attached hydrogens (tertiary/aromatic N) is 4. The van der Waals surface area contributed by atoms with Crippen LogP contribution in [-0.2, 0) is 31.1 Å². The molecule has 0 spiro atoms. The number of aromatic nitrogens is 4. The average Bonchev–Trinajstić information content (AvgIpc) is 3.98. The third-order valence-corrected chi connectivity index (χ3v) is 12.4. The first-order chi connectivity index (χ1) is 32.7. The van der Waals surface area contributed by atoms with Crippen molar-refractivity contribution < 1.29 is 33.4 Å². The van der Waals surface area contributed by atoms with Crippen molar-refractivity contribution in [2.75, 3.05) is 63.3 Å². The molecule has 2 fully saturated rings. The number of rotatable bonds is 23. The summed E-state index contributed by atoms with van der Waals surface area (Å²) in [7, 11) is 0. The number of hydrogen-bond donors (Lipinski definition) is 6. The molecule has 5 aromatic rings. The van der Waals surface area contributed by atoms with E-state index >= 15 is 0 Å². The van der Waals surface area contributed by atoms with E-state index in [4.69, 9.17) is 19.2 Å². The van der Waals surface area contributed by atoms with Gasteiger partial charge in [0.05, 0.1) is 24.8 Å². The van der Waals surface area contributed by atoms with E-state index in [1.165, 1.54) is 0 Å². The molecule has 2 aromatic heterocycles. The standard InChI is InChI=1S/C50H60N10O7.ClH/c1-34(54-46(62)37-9-5-10-40(30-37)57-50(18-22-52-23-19-50)49-56-45(58-59-49)35-16-20-51-21-17-35)36-8-6-11-41(32-36)67-28-4-2-3-25-65-26-7-27-66-29-24-53-39-12-13-42-38(31-39)33-60(48(42)64)43-14-15-44(61)55-47(43)63;/h5-6,8-13,16-17,20-21,30-32,34,43,52-53,57H,2-4,7,14-15,18-19,22-29,33H2,1H3,(H,54,62)(H,55,61,63)(H,56,58,59);1H/t34-,43?;/m1./s1. The van der Waals surface area contributed by atoms with Crippen molar-refractivity contribution in [3.8, 4) is 17.1 Å². The van der Waals surface area contributed by atoms with E-state index in [0.717, 1.165) is 91.3 Å². The molecule has 68 heavy (non-hydrogen) atoms. The molecule has 18 heteroatoms. The van der Waals surface area contributed by atoms with E-state index in [9.17, 15) is 19.2 Å². The van der Waals surface area contributed by atoms with Gasteiger partial charge in [-0.1, -0.05) is 18.2 Å². The number of piperidine rings is 2. The van der Waals surface area contributed by atoms with Gasteiger partial charge < -0.3 is 40.4 Å². The largest absolute Gasteiger partial charge is 0.494 e. The van der Waals surface area contributed by atoms with Crippen molar-refractivity contribution >= 4 is 47.4 Å². The summed E-state index contributed by atoms with van der Waals surface area (Å²) in [5.41, 5.74) is 5.09. The summed E-state index contributed by atoms with van der Waals surface area (Å²) in [6.45, 7) is 7.60. The first-order valence-electron chi connectivity index (χ1n) is 23.4. The van der Waals surface area contributed by atoms with E-state index < -0.39 is 17.5 Å². The molecule has 5 heterocycles. The summed E-state index contributed by atoms with van der Waals surface area (Å²) in [4.78, 5) is 60.9. The Morgan fingerprint density at radius 3 is 2.47 bits per heavy atom. The maximum atomic E-state index is 13.6. The molecule has 8 rings (SSSR count). The van der Waals surface area contributed by atoms with Crippen LogP contribution >= 0.6 is 12.4 Å². The Morgan fingerprint density at radius 1 is 0.868 bits per heavy atom. The van der Waals surface area contributed by atoms with Gasteiger partial charge in [-0.3, -0.25) is 34.6 Å². The number of halogens is 1. The van der Waals surface area contributed by atoms with Crippen LogP contribution in [0.3, 0.4) is 0 Å². The van der Waals surface area contributed by atoms with Crippen molar-refractivity contribution in [3.05, 3.63) is 119 Å². The number of ether oxygens (including phenoxy) is 3. The summed E-state index contributed by atoms with van der Waals surface area (Å²) >= 11 is 0. The Hall–Kier alpha value is -6.40. The topological polar surface area (TPSA) is 214 Å². The van der Waals surface area contributed by atoms with E-state index in [1.807, 2.05) is 79.7 Å². The predicted octanol–water partition coefficient (Wildman–Crippen LogP) is 6.32. The molecule has 1 unspecified atom stereocenters. The van der Waals surface area contributed by atoms with Crippen molar-refractivity contribution in [2.24, 2.45) is 0 Å². The molecule has 3 aliphatic heterocycles. The summed E-state index contributed by atoms with van der Waals surface area (Å²) in [6, 6.07) is 24.0. The molecule has 17 nitrogen and oxygen atoms in total. The number of carbonyl (C=O) groups excluding carboxylic acids is 4. The van der Waals surface area contributed by atoms with Crippen LogP contribution in [0, 0.1) is 0 Å². The minimum absolute atomic E-state index is 0. The second-order valence-electron chi connectivity index (χ2n) is 17.2. The van der Waals surface area contributed by atoms with Crippen LogP contribution in [0.25, 0.3) is 11.4 Å². The number of unbranched alkanes of at least 4 members (excludes halogenated alkanes) is 2. The highest BCUT2D eigenvalue weighted by Gasteiger charge is 2.40. The van der Waals surface area contributed by atoms with Gasteiger partial charge in [0.1, 0.15) is 11.8 Å². The summed E-state index contributed by atoms with van der Waals surface area (Å²) in [6.07, 6.45) is 9.25. The Labute approximate surface area is 402 Å². The van der Waals surface area contributed by atoms with E-state index in [-0.39, 0.29) is 42.6 Å². The number of hydrogen-bond acceptors (Lipinski definition) is 13. The fourth-order valence-electron chi connectivity index (χ4n) is 8.72. The number of H-pyrrole nitrogens is 1.